The average molecular weight is 287 g/mol. The van der Waals surface area contributed by atoms with Crippen molar-refractivity contribution in [2.45, 2.75) is 39.8 Å². The van der Waals surface area contributed by atoms with Crippen LogP contribution in [0.25, 0.3) is 11.1 Å². The van der Waals surface area contributed by atoms with Crippen LogP contribution in [0.2, 0.25) is 0 Å². The van der Waals surface area contributed by atoms with Crippen LogP contribution in [0, 0.1) is 6.92 Å². The lowest BCUT2D eigenvalue weighted by Gasteiger charge is -2.20. The van der Waals surface area contributed by atoms with Gasteiger partial charge in [0.1, 0.15) is 5.60 Å². The average Bonchev–Trinajstić information content (AvgIpc) is 2.89. The fourth-order valence-corrected chi connectivity index (χ4v) is 2.07. The molecule has 1 aromatic carbocycles. The lowest BCUT2D eigenvalue weighted by atomic mass is 9.98. The van der Waals surface area contributed by atoms with E-state index < -0.39 is 11.7 Å². The van der Waals surface area contributed by atoms with Crippen molar-refractivity contribution < 1.29 is 9.53 Å². The van der Waals surface area contributed by atoms with Crippen molar-refractivity contribution in [1.82, 2.24) is 15.5 Å². The first-order chi connectivity index (χ1) is 9.87. The number of nitrogens with one attached hydrogen (secondary N) is 2. The van der Waals surface area contributed by atoms with Crippen molar-refractivity contribution in [1.29, 1.82) is 0 Å². The first-order valence-corrected chi connectivity index (χ1v) is 6.91. The van der Waals surface area contributed by atoms with Crippen LogP contribution >= 0.6 is 0 Å². The molecule has 112 valence electrons. The zero-order valence-corrected chi connectivity index (χ0v) is 12.9. The Bertz CT molecular complexity index is 613. The highest BCUT2D eigenvalue weighted by molar-refractivity contribution is 5.69. The van der Waals surface area contributed by atoms with Crippen molar-refractivity contribution in [3.8, 4) is 11.1 Å². The molecule has 2 rings (SSSR count). The number of hydrogen-bond donors (Lipinski definition) is 2. The lowest BCUT2D eigenvalue weighted by molar-refractivity contribution is 0.0523. The van der Waals surface area contributed by atoms with Gasteiger partial charge in [-0.1, -0.05) is 18.2 Å². The number of H-pyrrole nitrogens is 1. The SMILES string of the molecule is Cc1c(CNC(=O)OC(C)(C)C)cccc1-c1cn[nH]c1. The van der Waals surface area contributed by atoms with Gasteiger partial charge in [0.05, 0.1) is 6.20 Å². The zero-order valence-electron chi connectivity index (χ0n) is 12.9. The molecule has 0 aliphatic rings. The Labute approximate surface area is 124 Å². The highest BCUT2D eigenvalue weighted by Gasteiger charge is 2.16. The number of carbonyl (C=O) groups is 1. The molecule has 0 aliphatic carbocycles. The van der Waals surface area contributed by atoms with Gasteiger partial charge in [-0.05, 0) is 44.4 Å². The van der Waals surface area contributed by atoms with Gasteiger partial charge < -0.3 is 10.1 Å². The van der Waals surface area contributed by atoms with Crippen LogP contribution in [-0.2, 0) is 11.3 Å². The molecule has 21 heavy (non-hydrogen) atoms. The first kappa shape index (κ1) is 15.1. The standard InChI is InChI=1S/C16H21N3O2/c1-11-12(8-17-15(20)21-16(2,3)4)6-5-7-14(11)13-9-18-19-10-13/h5-7,9-10H,8H2,1-4H3,(H,17,20)(H,18,19). The minimum Gasteiger partial charge on any atom is -0.444 e. The van der Waals surface area contributed by atoms with Gasteiger partial charge in [0.25, 0.3) is 0 Å². The Balaban J connectivity index is 2.08. The Kier molecular flexibility index (Phi) is 4.31. The van der Waals surface area contributed by atoms with E-state index in [0.717, 1.165) is 22.3 Å². The van der Waals surface area contributed by atoms with Gasteiger partial charge in [0.2, 0.25) is 0 Å². The summed E-state index contributed by atoms with van der Waals surface area (Å²) in [4.78, 5) is 11.7. The molecule has 5 nitrogen and oxygen atoms in total. The molecular weight excluding hydrogens is 266 g/mol. The number of rotatable bonds is 3. The molecule has 1 amide bonds. The molecule has 0 atom stereocenters. The third-order valence-corrected chi connectivity index (χ3v) is 3.08. The maximum atomic E-state index is 11.7. The van der Waals surface area contributed by atoms with Crippen LogP contribution in [0.1, 0.15) is 31.9 Å². The summed E-state index contributed by atoms with van der Waals surface area (Å²) in [5.74, 6) is 0. The van der Waals surface area contributed by atoms with Crippen LogP contribution in [0.3, 0.4) is 0 Å². The van der Waals surface area contributed by atoms with E-state index >= 15 is 0 Å². The quantitative estimate of drug-likeness (QED) is 0.909. The Morgan fingerprint density at radius 3 is 2.76 bits per heavy atom. The molecule has 0 saturated carbocycles. The smallest absolute Gasteiger partial charge is 0.407 e. The topological polar surface area (TPSA) is 67.0 Å². The summed E-state index contributed by atoms with van der Waals surface area (Å²) >= 11 is 0. The van der Waals surface area contributed by atoms with Gasteiger partial charge in [-0.3, -0.25) is 5.10 Å². The zero-order chi connectivity index (χ0) is 15.5. The summed E-state index contributed by atoms with van der Waals surface area (Å²) < 4.78 is 5.24. The van der Waals surface area contributed by atoms with Crippen LogP contribution < -0.4 is 5.32 Å². The van der Waals surface area contributed by atoms with E-state index in [1.807, 2.05) is 52.1 Å². The largest absolute Gasteiger partial charge is 0.444 e. The monoisotopic (exact) mass is 287 g/mol. The number of aromatic nitrogens is 2. The minimum atomic E-state index is -0.488. The molecule has 2 N–H and O–H groups in total. The summed E-state index contributed by atoms with van der Waals surface area (Å²) in [5, 5.41) is 9.56. The Morgan fingerprint density at radius 2 is 2.14 bits per heavy atom. The number of aromatic amines is 1. The summed E-state index contributed by atoms with van der Waals surface area (Å²) in [7, 11) is 0. The molecule has 0 fully saturated rings. The maximum absolute atomic E-state index is 11.7. The molecule has 0 spiro atoms. The molecule has 1 heterocycles. The second kappa shape index (κ2) is 5.99. The number of hydrogen-bond acceptors (Lipinski definition) is 3. The summed E-state index contributed by atoms with van der Waals surface area (Å²) in [5.41, 5.74) is 3.82. The fraction of sp³-hybridized carbons (Fsp3) is 0.375. The van der Waals surface area contributed by atoms with Gasteiger partial charge in [-0.25, -0.2) is 4.79 Å². The van der Waals surface area contributed by atoms with Gasteiger partial charge in [-0.2, -0.15) is 5.10 Å². The predicted molar refractivity (Wildman–Crippen MR) is 81.8 cm³/mol. The molecule has 0 unspecified atom stereocenters. The van der Waals surface area contributed by atoms with E-state index in [1.165, 1.54) is 0 Å². The van der Waals surface area contributed by atoms with Gasteiger partial charge in [0.15, 0.2) is 0 Å². The number of alkyl carbamates (subject to hydrolysis) is 1. The summed E-state index contributed by atoms with van der Waals surface area (Å²) in [6.45, 7) is 8.01. The summed E-state index contributed by atoms with van der Waals surface area (Å²) in [6.07, 6.45) is 3.23. The molecule has 1 aromatic heterocycles. The molecular formula is C16H21N3O2. The number of nitrogens with zero attached hydrogens (tertiary/aromatic N) is 1. The fourth-order valence-electron chi connectivity index (χ4n) is 2.07. The Morgan fingerprint density at radius 1 is 1.38 bits per heavy atom. The molecule has 0 bridgehead atoms. The lowest BCUT2D eigenvalue weighted by Crippen LogP contribution is -2.32. The molecule has 0 radical (unpaired) electrons. The normalized spacial score (nSPS) is 11.2. The third-order valence-electron chi connectivity index (χ3n) is 3.08. The number of ether oxygens (including phenoxy) is 1. The summed E-state index contributed by atoms with van der Waals surface area (Å²) in [6, 6.07) is 6.01. The Hall–Kier alpha value is -2.30. The van der Waals surface area contributed by atoms with E-state index in [9.17, 15) is 4.79 Å². The minimum absolute atomic E-state index is 0.407. The number of amides is 1. The molecule has 0 aliphatic heterocycles. The van der Waals surface area contributed by atoms with Crippen LogP contribution in [-0.4, -0.2) is 21.9 Å². The van der Waals surface area contributed by atoms with Gasteiger partial charge in [0, 0.05) is 18.3 Å². The second-order valence-corrected chi connectivity index (χ2v) is 5.93. The first-order valence-electron chi connectivity index (χ1n) is 6.91. The van der Waals surface area contributed by atoms with Crippen molar-refractivity contribution in [3.63, 3.8) is 0 Å². The van der Waals surface area contributed by atoms with E-state index in [0.29, 0.717) is 6.54 Å². The van der Waals surface area contributed by atoms with E-state index in [-0.39, 0.29) is 0 Å². The molecule has 2 aromatic rings. The third kappa shape index (κ3) is 4.08. The van der Waals surface area contributed by atoms with E-state index in [4.69, 9.17) is 4.74 Å². The number of benzene rings is 1. The van der Waals surface area contributed by atoms with Crippen LogP contribution in [0.4, 0.5) is 4.79 Å². The highest BCUT2D eigenvalue weighted by Crippen LogP contribution is 2.24. The van der Waals surface area contributed by atoms with E-state index in [2.05, 4.69) is 15.5 Å². The number of carbonyl (C=O) groups excluding carboxylic acids is 1. The van der Waals surface area contributed by atoms with Gasteiger partial charge >= 0.3 is 6.09 Å². The van der Waals surface area contributed by atoms with Crippen molar-refractivity contribution in [2.24, 2.45) is 0 Å². The predicted octanol–water partition coefficient (Wildman–Crippen LogP) is 3.41. The van der Waals surface area contributed by atoms with Crippen molar-refractivity contribution in [3.05, 3.63) is 41.7 Å². The molecule has 0 saturated heterocycles. The van der Waals surface area contributed by atoms with Crippen molar-refractivity contribution in [2.75, 3.05) is 0 Å². The van der Waals surface area contributed by atoms with Crippen molar-refractivity contribution >= 4 is 6.09 Å². The highest BCUT2D eigenvalue weighted by atomic mass is 16.6. The second-order valence-electron chi connectivity index (χ2n) is 5.93. The van der Waals surface area contributed by atoms with Crippen LogP contribution in [0.5, 0.6) is 0 Å². The van der Waals surface area contributed by atoms with Gasteiger partial charge in [-0.15, -0.1) is 0 Å². The van der Waals surface area contributed by atoms with E-state index in [1.54, 1.807) is 6.20 Å². The van der Waals surface area contributed by atoms with Crippen LogP contribution in [0.15, 0.2) is 30.6 Å². The molecule has 5 heteroatoms. The maximum Gasteiger partial charge on any atom is 0.407 e.